The van der Waals surface area contributed by atoms with Crippen molar-refractivity contribution in [3.05, 3.63) is 24.3 Å². The second-order valence-electron chi connectivity index (χ2n) is 6.14. The second-order valence-corrected chi connectivity index (χ2v) is 6.14. The van der Waals surface area contributed by atoms with Crippen LogP contribution in [0.5, 0.6) is 34.5 Å². The third-order valence-electron chi connectivity index (χ3n) is 4.39. The lowest BCUT2D eigenvalue weighted by Crippen LogP contribution is -2.30. The van der Waals surface area contributed by atoms with E-state index in [4.69, 9.17) is 34.2 Å². The van der Waals surface area contributed by atoms with Gasteiger partial charge in [-0.3, -0.25) is 14.5 Å². The SMILES string of the molecule is COc1cc(N(C(=O)CC(N)=O)c2cc(OC)c(OC)c(OC)c2)cc(OC)c1OC. The van der Waals surface area contributed by atoms with Crippen LogP contribution in [0.25, 0.3) is 0 Å². The van der Waals surface area contributed by atoms with E-state index in [0.29, 0.717) is 45.9 Å². The van der Waals surface area contributed by atoms with Crippen LogP contribution in [0.3, 0.4) is 0 Å². The van der Waals surface area contributed by atoms with Crippen molar-refractivity contribution in [3.63, 3.8) is 0 Å². The van der Waals surface area contributed by atoms with Crippen molar-refractivity contribution in [2.24, 2.45) is 5.73 Å². The maximum atomic E-state index is 13.1. The molecule has 31 heavy (non-hydrogen) atoms. The molecular formula is C21H26N2O8. The first-order chi connectivity index (χ1) is 14.8. The molecule has 0 spiro atoms. The molecule has 2 aromatic rings. The van der Waals surface area contributed by atoms with E-state index >= 15 is 0 Å². The Bertz CT molecular complexity index is 847. The minimum atomic E-state index is -0.783. The smallest absolute Gasteiger partial charge is 0.240 e. The van der Waals surface area contributed by atoms with Gasteiger partial charge in [-0.15, -0.1) is 0 Å². The maximum absolute atomic E-state index is 13.1. The summed E-state index contributed by atoms with van der Waals surface area (Å²) in [6.07, 6.45) is -0.534. The third kappa shape index (κ3) is 4.85. The minimum absolute atomic E-state index is 0.321. The van der Waals surface area contributed by atoms with Crippen molar-refractivity contribution in [2.45, 2.75) is 6.42 Å². The van der Waals surface area contributed by atoms with Crippen molar-refractivity contribution in [1.82, 2.24) is 0 Å². The van der Waals surface area contributed by atoms with Crippen LogP contribution < -0.4 is 39.1 Å². The molecule has 168 valence electrons. The van der Waals surface area contributed by atoms with Gasteiger partial charge in [-0.25, -0.2) is 0 Å². The molecule has 2 N–H and O–H groups in total. The number of nitrogens with zero attached hydrogens (tertiary/aromatic N) is 1. The number of rotatable bonds is 10. The molecule has 10 nitrogen and oxygen atoms in total. The molecular weight excluding hydrogens is 408 g/mol. The highest BCUT2D eigenvalue weighted by Gasteiger charge is 2.26. The van der Waals surface area contributed by atoms with Crippen molar-refractivity contribution >= 4 is 23.2 Å². The molecule has 0 atom stereocenters. The zero-order valence-electron chi connectivity index (χ0n) is 18.3. The Morgan fingerprint density at radius 3 is 1.23 bits per heavy atom. The summed E-state index contributed by atoms with van der Waals surface area (Å²) < 4.78 is 32.2. The molecule has 0 aliphatic carbocycles. The lowest BCUT2D eigenvalue weighted by atomic mass is 10.1. The lowest BCUT2D eigenvalue weighted by Gasteiger charge is -2.26. The Labute approximate surface area is 180 Å². The first kappa shape index (κ1) is 23.5. The van der Waals surface area contributed by atoms with Crippen molar-refractivity contribution in [2.75, 3.05) is 47.6 Å². The first-order valence-corrected chi connectivity index (χ1v) is 9.06. The molecule has 0 aliphatic rings. The number of primary amides is 1. The van der Waals surface area contributed by atoms with Crippen LogP contribution in [0, 0.1) is 0 Å². The molecule has 0 bridgehead atoms. The molecule has 2 aromatic carbocycles. The fourth-order valence-corrected chi connectivity index (χ4v) is 3.06. The van der Waals surface area contributed by atoms with Gasteiger partial charge in [0.15, 0.2) is 23.0 Å². The summed E-state index contributed by atoms with van der Waals surface area (Å²) in [5, 5.41) is 0. The molecule has 0 radical (unpaired) electrons. The lowest BCUT2D eigenvalue weighted by molar-refractivity contribution is -0.125. The number of hydrogen-bond donors (Lipinski definition) is 1. The molecule has 0 unspecified atom stereocenters. The van der Waals surface area contributed by atoms with Crippen molar-refractivity contribution in [3.8, 4) is 34.5 Å². The normalized spacial score (nSPS) is 10.1. The predicted octanol–water partition coefficient (Wildman–Crippen LogP) is 2.28. The van der Waals surface area contributed by atoms with E-state index in [1.807, 2.05) is 0 Å². The minimum Gasteiger partial charge on any atom is -0.493 e. The van der Waals surface area contributed by atoms with Crippen LogP contribution in [0.15, 0.2) is 24.3 Å². The summed E-state index contributed by atoms with van der Waals surface area (Å²) in [4.78, 5) is 25.8. The van der Waals surface area contributed by atoms with Crippen molar-refractivity contribution < 1.29 is 38.0 Å². The second kappa shape index (κ2) is 10.3. The Morgan fingerprint density at radius 1 is 0.677 bits per heavy atom. The molecule has 0 heterocycles. The van der Waals surface area contributed by atoms with E-state index < -0.39 is 18.2 Å². The fraction of sp³-hybridized carbons (Fsp3) is 0.333. The van der Waals surface area contributed by atoms with E-state index in [1.165, 1.54) is 47.6 Å². The fourth-order valence-electron chi connectivity index (χ4n) is 3.06. The number of methoxy groups -OCH3 is 6. The highest BCUT2D eigenvalue weighted by Crippen LogP contribution is 2.46. The number of anilines is 2. The van der Waals surface area contributed by atoms with E-state index in [9.17, 15) is 9.59 Å². The molecule has 0 aliphatic heterocycles. The molecule has 2 rings (SSSR count). The van der Waals surface area contributed by atoms with Crippen molar-refractivity contribution in [1.29, 1.82) is 0 Å². The zero-order chi connectivity index (χ0) is 23.1. The first-order valence-electron chi connectivity index (χ1n) is 9.06. The number of nitrogens with two attached hydrogens (primary N) is 1. The van der Waals surface area contributed by atoms with Crippen LogP contribution in [-0.2, 0) is 9.59 Å². The zero-order valence-corrected chi connectivity index (χ0v) is 18.3. The Balaban J connectivity index is 2.79. The average molecular weight is 434 g/mol. The van der Waals surface area contributed by atoms with E-state index in [1.54, 1.807) is 24.3 Å². The van der Waals surface area contributed by atoms with Gasteiger partial charge in [-0.2, -0.15) is 0 Å². The molecule has 2 amide bonds. The standard InChI is InChI=1S/C21H26N2O8/c1-26-14-7-12(8-15(27-2)20(14)30-5)23(19(25)11-18(22)24)13-9-16(28-3)21(31-6)17(10-13)29-4/h7-10H,11H2,1-6H3,(H2,22,24). The van der Waals surface area contributed by atoms with Gasteiger partial charge in [0, 0.05) is 24.3 Å². The van der Waals surface area contributed by atoms with Gasteiger partial charge in [0.1, 0.15) is 6.42 Å². The summed E-state index contributed by atoms with van der Waals surface area (Å²) in [6.45, 7) is 0. The van der Waals surface area contributed by atoms with Gasteiger partial charge in [0.25, 0.3) is 0 Å². The largest absolute Gasteiger partial charge is 0.493 e. The van der Waals surface area contributed by atoms with E-state index in [2.05, 4.69) is 0 Å². The molecule has 0 aromatic heterocycles. The highest BCUT2D eigenvalue weighted by molar-refractivity contribution is 6.09. The number of benzene rings is 2. The van der Waals surface area contributed by atoms with Gasteiger partial charge in [-0.05, 0) is 0 Å². The van der Waals surface area contributed by atoms with Gasteiger partial charge < -0.3 is 34.2 Å². The predicted molar refractivity (Wildman–Crippen MR) is 113 cm³/mol. The Morgan fingerprint density at radius 2 is 1.00 bits per heavy atom. The maximum Gasteiger partial charge on any atom is 0.240 e. The topological polar surface area (TPSA) is 119 Å². The molecule has 0 fully saturated rings. The van der Waals surface area contributed by atoms with Crippen LogP contribution in [0.1, 0.15) is 6.42 Å². The summed E-state index contributed by atoms with van der Waals surface area (Å²) in [7, 11) is 8.75. The van der Waals surface area contributed by atoms with Crippen LogP contribution in [0.4, 0.5) is 11.4 Å². The van der Waals surface area contributed by atoms with Crippen LogP contribution in [0.2, 0.25) is 0 Å². The van der Waals surface area contributed by atoms with Gasteiger partial charge in [-0.1, -0.05) is 0 Å². The quantitative estimate of drug-likeness (QED) is 0.566. The molecule has 10 heteroatoms. The Hall–Kier alpha value is -3.82. The third-order valence-corrected chi connectivity index (χ3v) is 4.39. The van der Waals surface area contributed by atoms with Gasteiger partial charge >= 0.3 is 0 Å². The number of amides is 2. The Kier molecular flexibility index (Phi) is 7.78. The van der Waals surface area contributed by atoms with Gasteiger partial charge in [0.2, 0.25) is 23.3 Å². The highest BCUT2D eigenvalue weighted by atomic mass is 16.5. The number of carbonyl (C=O) groups is 2. The van der Waals surface area contributed by atoms with E-state index in [-0.39, 0.29) is 0 Å². The monoisotopic (exact) mass is 434 g/mol. The van der Waals surface area contributed by atoms with Gasteiger partial charge in [0.05, 0.1) is 54.0 Å². The summed E-state index contributed by atoms with van der Waals surface area (Å²) >= 11 is 0. The average Bonchev–Trinajstić information content (AvgIpc) is 2.76. The van der Waals surface area contributed by atoms with E-state index in [0.717, 1.165) is 0 Å². The van der Waals surface area contributed by atoms with Crippen LogP contribution in [-0.4, -0.2) is 54.5 Å². The number of carbonyl (C=O) groups excluding carboxylic acids is 2. The summed E-state index contributed by atoms with van der Waals surface area (Å²) in [5.74, 6) is 0.609. The molecule has 0 saturated heterocycles. The number of hydrogen-bond acceptors (Lipinski definition) is 8. The molecule has 0 saturated carbocycles. The van der Waals surface area contributed by atoms with Crippen LogP contribution >= 0.6 is 0 Å². The summed E-state index contributed by atoms with van der Waals surface area (Å²) in [6, 6.07) is 6.29. The number of ether oxygens (including phenoxy) is 6. The summed E-state index contributed by atoms with van der Waals surface area (Å²) in [5.41, 5.74) is 5.96.